The predicted molar refractivity (Wildman–Crippen MR) is 63.8 cm³/mol. The summed E-state index contributed by atoms with van der Waals surface area (Å²) in [5, 5.41) is 17.9. The zero-order chi connectivity index (χ0) is 12.3. The molecule has 2 rings (SSSR count). The van der Waals surface area contributed by atoms with E-state index >= 15 is 0 Å². The van der Waals surface area contributed by atoms with Crippen LogP contribution in [-0.2, 0) is 6.54 Å². The van der Waals surface area contributed by atoms with Gasteiger partial charge in [-0.05, 0) is 50.1 Å². The highest BCUT2D eigenvalue weighted by molar-refractivity contribution is 5.20. The van der Waals surface area contributed by atoms with Crippen molar-refractivity contribution in [1.29, 1.82) is 0 Å². The molecule has 0 spiro atoms. The van der Waals surface area contributed by atoms with Crippen molar-refractivity contribution in [3.63, 3.8) is 0 Å². The number of aryl methyl sites for hydroxylation is 2. The standard InChI is InChI=1S/C11H18N4O2/c1-9-8-11(15(16)17)13-14(9)7-4-10-2-5-12-6-3-10/h8,10,12H,2-7H2,1H3. The first kappa shape index (κ1) is 12.0. The largest absolute Gasteiger partial charge is 0.390 e. The molecule has 1 saturated heterocycles. The van der Waals surface area contributed by atoms with Crippen molar-refractivity contribution < 1.29 is 4.92 Å². The van der Waals surface area contributed by atoms with Crippen molar-refractivity contribution in [2.24, 2.45) is 5.92 Å². The van der Waals surface area contributed by atoms with Gasteiger partial charge in [0, 0.05) is 0 Å². The molecule has 2 heterocycles. The summed E-state index contributed by atoms with van der Waals surface area (Å²) in [6.45, 7) is 4.82. The Morgan fingerprint density at radius 1 is 1.59 bits per heavy atom. The summed E-state index contributed by atoms with van der Waals surface area (Å²) in [5.41, 5.74) is 0.866. The molecule has 1 aliphatic rings. The van der Waals surface area contributed by atoms with E-state index in [0.717, 1.165) is 37.7 Å². The van der Waals surface area contributed by atoms with Gasteiger partial charge in [-0.15, -0.1) is 0 Å². The van der Waals surface area contributed by atoms with E-state index in [0.29, 0.717) is 0 Å². The highest BCUT2D eigenvalue weighted by Gasteiger charge is 2.17. The molecular formula is C11H18N4O2. The number of hydrogen-bond acceptors (Lipinski definition) is 4. The Morgan fingerprint density at radius 3 is 2.88 bits per heavy atom. The third-order valence-electron chi connectivity index (χ3n) is 3.36. The molecule has 94 valence electrons. The monoisotopic (exact) mass is 238 g/mol. The van der Waals surface area contributed by atoms with Crippen LogP contribution in [0.2, 0.25) is 0 Å². The lowest BCUT2D eigenvalue weighted by molar-refractivity contribution is -0.389. The molecule has 0 aromatic carbocycles. The smallest absolute Gasteiger partial charge is 0.358 e. The van der Waals surface area contributed by atoms with Gasteiger partial charge in [0.05, 0.1) is 23.4 Å². The second kappa shape index (κ2) is 5.27. The lowest BCUT2D eigenvalue weighted by Crippen LogP contribution is -2.28. The van der Waals surface area contributed by atoms with Gasteiger partial charge in [0.1, 0.15) is 0 Å². The maximum atomic E-state index is 10.6. The fraction of sp³-hybridized carbons (Fsp3) is 0.727. The minimum Gasteiger partial charge on any atom is -0.358 e. The average Bonchev–Trinajstić information content (AvgIpc) is 2.70. The molecule has 6 nitrogen and oxygen atoms in total. The van der Waals surface area contributed by atoms with Gasteiger partial charge in [-0.2, -0.15) is 4.68 Å². The van der Waals surface area contributed by atoms with Gasteiger partial charge in [0.2, 0.25) is 0 Å². The lowest BCUT2D eigenvalue weighted by atomic mass is 9.95. The summed E-state index contributed by atoms with van der Waals surface area (Å²) in [6.07, 6.45) is 3.45. The third kappa shape index (κ3) is 3.03. The summed E-state index contributed by atoms with van der Waals surface area (Å²) in [4.78, 5) is 10.2. The first-order valence-electron chi connectivity index (χ1n) is 6.06. The van der Waals surface area contributed by atoms with Crippen molar-refractivity contribution in [2.45, 2.75) is 32.7 Å². The zero-order valence-electron chi connectivity index (χ0n) is 10.1. The van der Waals surface area contributed by atoms with Gasteiger partial charge in [-0.25, -0.2) is 0 Å². The molecule has 1 aromatic rings. The van der Waals surface area contributed by atoms with Crippen molar-refractivity contribution >= 4 is 5.82 Å². The molecule has 6 heteroatoms. The number of piperidine rings is 1. The van der Waals surface area contributed by atoms with Crippen molar-refractivity contribution in [3.05, 3.63) is 21.9 Å². The minimum atomic E-state index is -0.436. The van der Waals surface area contributed by atoms with Crippen LogP contribution in [0.25, 0.3) is 0 Å². The van der Waals surface area contributed by atoms with E-state index in [4.69, 9.17) is 0 Å². The molecule has 1 fully saturated rings. The van der Waals surface area contributed by atoms with E-state index in [1.165, 1.54) is 18.9 Å². The van der Waals surface area contributed by atoms with Crippen LogP contribution < -0.4 is 5.32 Å². The number of rotatable bonds is 4. The molecule has 0 amide bonds. The quantitative estimate of drug-likeness (QED) is 0.637. The topological polar surface area (TPSA) is 73.0 Å². The van der Waals surface area contributed by atoms with Crippen molar-refractivity contribution in [3.8, 4) is 0 Å². The molecule has 1 aliphatic heterocycles. The summed E-state index contributed by atoms with van der Waals surface area (Å²) < 4.78 is 1.75. The Balaban J connectivity index is 1.91. The van der Waals surface area contributed by atoms with Gasteiger partial charge in [-0.1, -0.05) is 0 Å². The highest BCUT2D eigenvalue weighted by Crippen LogP contribution is 2.18. The predicted octanol–water partition coefficient (Wildman–Crippen LogP) is 1.49. The molecular weight excluding hydrogens is 220 g/mol. The SMILES string of the molecule is Cc1cc([N+](=O)[O-])nn1CCC1CCNCC1. The lowest BCUT2D eigenvalue weighted by Gasteiger charge is -2.21. The highest BCUT2D eigenvalue weighted by atomic mass is 16.6. The summed E-state index contributed by atoms with van der Waals surface area (Å²) in [5.74, 6) is 0.673. The summed E-state index contributed by atoms with van der Waals surface area (Å²) in [6, 6.07) is 1.53. The summed E-state index contributed by atoms with van der Waals surface area (Å²) >= 11 is 0. The Labute approximate surface area is 100 Å². The van der Waals surface area contributed by atoms with Gasteiger partial charge < -0.3 is 15.4 Å². The fourth-order valence-corrected chi connectivity index (χ4v) is 2.28. The Hall–Kier alpha value is -1.43. The van der Waals surface area contributed by atoms with E-state index in [1.807, 2.05) is 6.92 Å². The third-order valence-corrected chi connectivity index (χ3v) is 3.36. The van der Waals surface area contributed by atoms with Crippen LogP contribution >= 0.6 is 0 Å². The maximum absolute atomic E-state index is 10.6. The minimum absolute atomic E-state index is 0.0483. The molecule has 0 bridgehead atoms. The van der Waals surface area contributed by atoms with E-state index < -0.39 is 4.92 Å². The van der Waals surface area contributed by atoms with Crippen molar-refractivity contribution in [1.82, 2.24) is 15.1 Å². The number of nitro groups is 1. The first-order valence-corrected chi connectivity index (χ1v) is 6.06. The van der Waals surface area contributed by atoms with Crippen LogP contribution in [0.15, 0.2) is 6.07 Å². The molecule has 1 aromatic heterocycles. The second-order valence-corrected chi connectivity index (χ2v) is 4.61. The normalized spacial score (nSPS) is 17.2. The summed E-state index contributed by atoms with van der Waals surface area (Å²) in [7, 11) is 0. The van der Waals surface area contributed by atoms with Gasteiger partial charge >= 0.3 is 5.82 Å². The Kier molecular flexibility index (Phi) is 3.73. The number of aromatic nitrogens is 2. The van der Waals surface area contributed by atoms with E-state index in [1.54, 1.807) is 4.68 Å². The molecule has 0 atom stereocenters. The van der Waals surface area contributed by atoms with E-state index in [-0.39, 0.29) is 5.82 Å². The molecule has 17 heavy (non-hydrogen) atoms. The van der Waals surface area contributed by atoms with Crippen LogP contribution in [0.1, 0.15) is 25.0 Å². The van der Waals surface area contributed by atoms with Crippen LogP contribution in [0, 0.1) is 23.0 Å². The Bertz CT molecular complexity index is 396. The van der Waals surface area contributed by atoms with Crippen LogP contribution in [0.3, 0.4) is 0 Å². The molecule has 0 saturated carbocycles. The van der Waals surface area contributed by atoms with Crippen molar-refractivity contribution in [2.75, 3.05) is 13.1 Å². The van der Waals surface area contributed by atoms with Gasteiger partial charge in [0.25, 0.3) is 0 Å². The van der Waals surface area contributed by atoms with Gasteiger partial charge in [0.15, 0.2) is 0 Å². The second-order valence-electron chi connectivity index (χ2n) is 4.61. The zero-order valence-corrected chi connectivity index (χ0v) is 10.1. The Morgan fingerprint density at radius 2 is 2.29 bits per heavy atom. The van der Waals surface area contributed by atoms with E-state index in [9.17, 15) is 10.1 Å². The number of nitrogens with zero attached hydrogens (tertiary/aromatic N) is 3. The van der Waals surface area contributed by atoms with Gasteiger partial charge in [-0.3, -0.25) is 0 Å². The molecule has 0 unspecified atom stereocenters. The van der Waals surface area contributed by atoms with Crippen LogP contribution in [-0.4, -0.2) is 27.8 Å². The molecule has 0 radical (unpaired) electrons. The molecule has 1 N–H and O–H groups in total. The van der Waals surface area contributed by atoms with E-state index in [2.05, 4.69) is 10.4 Å². The molecule has 0 aliphatic carbocycles. The number of hydrogen-bond donors (Lipinski definition) is 1. The number of nitrogens with one attached hydrogen (secondary N) is 1. The van der Waals surface area contributed by atoms with Crippen LogP contribution in [0.4, 0.5) is 5.82 Å². The van der Waals surface area contributed by atoms with Crippen LogP contribution in [0.5, 0.6) is 0 Å². The average molecular weight is 238 g/mol. The maximum Gasteiger partial charge on any atom is 0.390 e. The fourth-order valence-electron chi connectivity index (χ4n) is 2.28. The first-order chi connectivity index (χ1) is 8.16.